The van der Waals surface area contributed by atoms with Crippen LogP contribution in [-0.4, -0.2) is 82.0 Å². The van der Waals surface area contributed by atoms with Crippen LogP contribution in [0.3, 0.4) is 0 Å². The Morgan fingerprint density at radius 1 is 0.784 bits per heavy atom. The van der Waals surface area contributed by atoms with Crippen LogP contribution in [0.15, 0.2) is 0 Å². The predicted molar refractivity (Wildman–Crippen MR) is 201 cm³/mol. The van der Waals surface area contributed by atoms with E-state index >= 15 is 0 Å². The SMILES string of the molecule is COP(=O)(OO)OCC(O)COCCOCCOCCOc1c(C)c(C)c2c(c1C)CC[C@@](C)(CCC[C@H](C)CCC[C@H](C)CCCC(C)C)O2. The van der Waals surface area contributed by atoms with Gasteiger partial charge in [-0.1, -0.05) is 72.6 Å². The number of aliphatic hydroxyl groups excluding tert-OH is 1. The first-order chi connectivity index (χ1) is 24.2. The summed E-state index contributed by atoms with van der Waals surface area (Å²) < 4.78 is 53.9. The molecule has 2 unspecified atom stereocenters. The Morgan fingerprint density at radius 2 is 1.35 bits per heavy atom. The molecule has 0 saturated carbocycles. The summed E-state index contributed by atoms with van der Waals surface area (Å²) in [6.45, 7) is 20.0. The van der Waals surface area contributed by atoms with Gasteiger partial charge in [-0.3, -0.25) is 9.05 Å². The minimum Gasteiger partial charge on any atom is -0.491 e. The van der Waals surface area contributed by atoms with Gasteiger partial charge < -0.3 is 28.8 Å². The number of rotatable bonds is 29. The number of phosphoric ester groups is 1. The summed E-state index contributed by atoms with van der Waals surface area (Å²) in [5.74, 6) is 4.43. The highest BCUT2D eigenvalue weighted by Gasteiger charge is 2.34. The smallest absolute Gasteiger partial charge is 0.491 e. The fraction of sp³-hybridized carbons (Fsp3) is 0.846. The zero-order valence-electron chi connectivity index (χ0n) is 33.3. The number of phosphoric acid groups is 1. The first-order valence-electron chi connectivity index (χ1n) is 19.2. The minimum absolute atomic E-state index is 0.0727. The summed E-state index contributed by atoms with van der Waals surface area (Å²) in [5, 5.41) is 18.3. The Labute approximate surface area is 308 Å². The number of benzene rings is 1. The third-order valence-electron chi connectivity index (χ3n) is 10.1. The monoisotopic (exact) mass is 746 g/mol. The fourth-order valence-corrected chi connectivity index (χ4v) is 7.25. The average Bonchev–Trinajstić information content (AvgIpc) is 3.09. The van der Waals surface area contributed by atoms with E-state index in [4.69, 9.17) is 33.5 Å². The van der Waals surface area contributed by atoms with Crippen molar-refractivity contribution in [2.45, 2.75) is 138 Å². The first-order valence-corrected chi connectivity index (χ1v) is 20.7. The lowest BCUT2D eigenvalue weighted by Gasteiger charge is -2.38. The van der Waals surface area contributed by atoms with Crippen molar-refractivity contribution in [1.29, 1.82) is 0 Å². The third-order valence-corrected chi connectivity index (χ3v) is 11.2. The Kier molecular flexibility index (Phi) is 21.8. The molecule has 298 valence electrons. The zero-order valence-corrected chi connectivity index (χ0v) is 34.2. The maximum Gasteiger partial charge on any atom is 0.501 e. The van der Waals surface area contributed by atoms with E-state index in [-0.39, 0.29) is 18.8 Å². The van der Waals surface area contributed by atoms with E-state index in [9.17, 15) is 9.67 Å². The van der Waals surface area contributed by atoms with Gasteiger partial charge in [-0.05, 0) is 87.8 Å². The molecule has 1 aliphatic heterocycles. The second kappa shape index (κ2) is 24.2. The van der Waals surface area contributed by atoms with Gasteiger partial charge >= 0.3 is 7.82 Å². The van der Waals surface area contributed by atoms with Crippen LogP contribution in [0, 0.1) is 38.5 Å². The molecule has 0 aromatic heterocycles. The molecule has 5 atom stereocenters. The molecule has 1 aromatic carbocycles. The number of hydrogen-bond acceptors (Lipinski definition) is 11. The first kappa shape index (κ1) is 45.9. The van der Waals surface area contributed by atoms with Gasteiger partial charge in [0.25, 0.3) is 0 Å². The normalized spacial score (nSPS) is 19.0. The molecule has 2 rings (SSSR count). The van der Waals surface area contributed by atoms with E-state index in [1.54, 1.807) is 0 Å². The summed E-state index contributed by atoms with van der Waals surface area (Å²) in [7, 11) is -3.01. The lowest BCUT2D eigenvalue weighted by atomic mass is 9.83. The third kappa shape index (κ3) is 17.2. The van der Waals surface area contributed by atoms with Crippen LogP contribution >= 0.6 is 7.82 Å². The highest BCUT2D eigenvalue weighted by atomic mass is 31.2. The van der Waals surface area contributed by atoms with E-state index in [0.717, 1.165) is 72.3 Å². The van der Waals surface area contributed by atoms with Crippen molar-refractivity contribution in [3.05, 3.63) is 22.3 Å². The summed E-state index contributed by atoms with van der Waals surface area (Å²) in [6.07, 6.45) is 12.7. The van der Waals surface area contributed by atoms with Crippen molar-refractivity contribution in [2.75, 3.05) is 60.0 Å². The quantitative estimate of drug-likeness (QED) is 0.0352. The number of aliphatic hydroxyl groups is 1. The van der Waals surface area contributed by atoms with E-state index in [1.807, 2.05) is 0 Å². The number of ether oxygens (including phenoxy) is 5. The van der Waals surface area contributed by atoms with Crippen molar-refractivity contribution in [1.82, 2.24) is 0 Å². The van der Waals surface area contributed by atoms with Crippen molar-refractivity contribution < 1.29 is 52.3 Å². The molecule has 1 aromatic rings. The molecule has 1 heterocycles. The van der Waals surface area contributed by atoms with Crippen LogP contribution in [0.5, 0.6) is 11.5 Å². The van der Waals surface area contributed by atoms with Crippen LogP contribution in [-0.2, 0) is 38.9 Å². The molecule has 0 radical (unpaired) electrons. The Hall–Kier alpha value is -1.27. The van der Waals surface area contributed by atoms with Gasteiger partial charge in [-0.15, -0.1) is 4.67 Å². The van der Waals surface area contributed by atoms with Gasteiger partial charge in [-0.2, -0.15) is 0 Å². The molecule has 0 spiro atoms. The Bertz CT molecular complexity index is 1150. The van der Waals surface area contributed by atoms with E-state index < -0.39 is 20.5 Å². The second-order valence-corrected chi connectivity index (χ2v) is 16.9. The summed E-state index contributed by atoms with van der Waals surface area (Å²) in [5.41, 5.74) is 4.59. The van der Waals surface area contributed by atoms with Crippen LogP contribution in [0.25, 0.3) is 0 Å². The van der Waals surface area contributed by atoms with Crippen molar-refractivity contribution in [3.8, 4) is 11.5 Å². The molecule has 11 nitrogen and oxygen atoms in total. The molecule has 0 fully saturated rings. The standard InChI is InChI=1S/C39H71O11P/c1-29(2)13-10-14-30(3)15-11-16-31(4)17-12-19-39(8)20-18-36-34(7)37(32(5)33(6)38(36)49-39)47-26-25-45-22-21-44-23-24-46-27-35(40)28-48-51(42,43-9)50-41/h29-31,35,40-41H,10-28H2,1-9H3/t30-,31-,35?,39-,51?/m1/s1. The lowest BCUT2D eigenvalue weighted by molar-refractivity contribution is -0.166. The van der Waals surface area contributed by atoms with Crippen molar-refractivity contribution >= 4 is 7.82 Å². The largest absolute Gasteiger partial charge is 0.501 e. The molecular weight excluding hydrogens is 675 g/mol. The predicted octanol–water partition coefficient (Wildman–Crippen LogP) is 9.18. The highest BCUT2D eigenvalue weighted by Crippen LogP contribution is 2.47. The second-order valence-electron chi connectivity index (χ2n) is 15.2. The molecular formula is C39H71O11P. The maximum atomic E-state index is 11.6. The topological polar surface area (TPSA) is 131 Å². The Balaban J connectivity index is 1.65. The molecule has 0 aliphatic carbocycles. The molecule has 12 heteroatoms. The van der Waals surface area contributed by atoms with Gasteiger partial charge in [0, 0.05) is 12.7 Å². The van der Waals surface area contributed by atoms with Crippen LogP contribution < -0.4 is 9.47 Å². The van der Waals surface area contributed by atoms with Crippen molar-refractivity contribution in [3.63, 3.8) is 0 Å². The number of fused-ring (bicyclic) bond motifs is 1. The van der Waals surface area contributed by atoms with Crippen LogP contribution in [0.4, 0.5) is 0 Å². The lowest BCUT2D eigenvalue weighted by Crippen LogP contribution is -2.37. The molecule has 0 amide bonds. The van der Waals surface area contributed by atoms with Gasteiger partial charge in [0.15, 0.2) is 0 Å². The molecule has 0 bridgehead atoms. The van der Waals surface area contributed by atoms with Crippen LogP contribution in [0.2, 0.25) is 0 Å². The van der Waals surface area contributed by atoms with Gasteiger partial charge in [0.2, 0.25) is 0 Å². The van der Waals surface area contributed by atoms with E-state index in [2.05, 4.69) is 64.6 Å². The summed E-state index contributed by atoms with van der Waals surface area (Å²) >= 11 is 0. The van der Waals surface area contributed by atoms with E-state index in [1.165, 1.54) is 56.9 Å². The Morgan fingerprint density at radius 3 is 1.94 bits per heavy atom. The van der Waals surface area contributed by atoms with Gasteiger partial charge in [-0.25, -0.2) is 9.82 Å². The zero-order chi connectivity index (χ0) is 37.9. The fourth-order valence-electron chi connectivity index (χ4n) is 6.67. The number of hydrogen-bond donors (Lipinski definition) is 2. The molecule has 2 N–H and O–H groups in total. The maximum absolute atomic E-state index is 11.6. The van der Waals surface area contributed by atoms with Gasteiger partial charge in [0.1, 0.15) is 29.8 Å². The molecule has 51 heavy (non-hydrogen) atoms. The van der Waals surface area contributed by atoms with E-state index in [0.29, 0.717) is 33.0 Å². The average molecular weight is 747 g/mol. The minimum atomic E-state index is -4.06. The van der Waals surface area contributed by atoms with Crippen molar-refractivity contribution in [2.24, 2.45) is 17.8 Å². The van der Waals surface area contributed by atoms with Gasteiger partial charge in [0.05, 0.1) is 46.2 Å². The summed E-state index contributed by atoms with van der Waals surface area (Å²) in [6, 6.07) is 0. The molecule has 1 aliphatic rings. The highest BCUT2D eigenvalue weighted by molar-refractivity contribution is 7.48. The van der Waals surface area contributed by atoms with Crippen LogP contribution in [0.1, 0.15) is 121 Å². The summed E-state index contributed by atoms with van der Waals surface area (Å²) in [4.78, 5) is 0. The molecule has 0 saturated heterocycles.